The number of carbonyl (C=O) groups is 3. The van der Waals surface area contributed by atoms with Crippen LogP contribution in [0.3, 0.4) is 0 Å². The van der Waals surface area contributed by atoms with Crippen LogP contribution in [0.25, 0.3) is 6.08 Å². The van der Waals surface area contributed by atoms with E-state index in [1.165, 1.54) is 11.0 Å². The molecule has 0 aliphatic heterocycles. The van der Waals surface area contributed by atoms with E-state index in [1.807, 2.05) is 61.0 Å². The highest BCUT2D eigenvalue weighted by Crippen LogP contribution is 2.34. The predicted molar refractivity (Wildman–Crippen MR) is 192 cm³/mol. The van der Waals surface area contributed by atoms with Crippen molar-refractivity contribution in [1.29, 1.82) is 0 Å². The molecule has 0 aliphatic rings. The second kappa shape index (κ2) is 18.6. The van der Waals surface area contributed by atoms with Crippen LogP contribution in [0.4, 0.5) is 0 Å². The number of rotatable bonds is 7. The van der Waals surface area contributed by atoms with Crippen molar-refractivity contribution in [2.24, 2.45) is 0 Å². The van der Waals surface area contributed by atoms with Crippen molar-refractivity contribution in [3.05, 3.63) is 119 Å². The molecule has 0 aliphatic carbocycles. The Labute approximate surface area is 293 Å². The first-order valence-electron chi connectivity index (χ1n) is 12.2. The maximum atomic E-state index is 12.1. The Kier molecular flexibility index (Phi) is 16.0. The van der Waals surface area contributed by atoms with E-state index in [4.69, 9.17) is 0 Å². The predicted octanol–water partition coefficient (Wildman–Crippen LogP) is 10.9. The summed E-state index contributed by atoms with van der Waals surface area (Å²) >= 11 is 16.0. The van der Waals surface area contributed by atoms with E-state index in [0.717, 1.165) is 22.3 Å². The molecule has 11 heteroatoms. The molecule has 2 N–H and O–H groups in total. The Bertz CT molecular complexity index is 1560. The zero-order valence-electron chi connectivity index (χ0n) is 23.1. The second-order valence-electron chi connectivity index (χ2n) is 8.49. The molecule has 0 spiro atoms. The van der Waals surface area contributed by atoms with Gasteiger partial charge in [0.15, 0.2) is 11.6 Å². The van der Waals surface area contributed by atoms with E-state index in [9.17, 15) is 24.6 Å². The number of halogens is 4. The van der Waals surface area contributed by atoms with Gasteiger partial charge in [0.1, 0.15) is 17.8 Å². The lowest BCUT2D eigenvalue weighted by molar-refractivity contribution is 0.101. The van der Waals surface area contributed by atoms with Gasteiger partial charge in [-0.15, -0.1) is 23.5 Å². The number of benzene rings is 4. The highest BCUT2D eigenvalue weighted by atomic mass is 79.9. The van der Waals surface area contributed by atoms with Crippen LogP contribution in [0.15, 0.2) is 107 Å². The Morgan fingerprint density at radius 3 is 1.37 bits per heavy atom. The van der Waals surface area contributed by atoms with Gasteiger partial charge in [0.05, 0.1) is 17.9 Å². The third-order valence-electron chi connectivity index (χ3n) is 5.51. The van der Waals surface area contributed by atoms with Crippen molar-refractivity contribution in [2.75, 3.05) is 12.5 Å². The molecule has 0 saturated carbocycles. The quantitative estimate of drug-likeness (QED) is 0.0827. The molecule has 0 bridgehead atoms. The average molecular weight is 874 g/mol. The van der Waals surface area contributed by atoms with Crippen molar-refractivity contribution < 1.29 is 24.6 Å². The zero-order chi connectivity index (χ0) is 32.1. The number of hydrogen-bond donors (Lipinski definition) is 2. The monoisotopic (exact) mass is 870 g/mol. The molecule has 0 atom stereocenters. The fourth-order valence-electron chi connectivity index (χ4n) is 3.18. The minimum atomic E-state index is -0.0528. The Hall–Kier alpha value is -2.15. The number of phenols is 2. The van der Waals surface area contributed by atoms with E-state index in [-0.39, 0.29) is 23.1 Å². The number of thioether (sulfide) groups is 2. The lowest BCUT2D eigenvalue weighted by Gasteiger charge is -2.02. The van der Waals surface area contributed by atoms with Gasteiger partial charge in [-0.3, -0.25) is 14.4 Å². The summed E-state index contributed by atoms with van der Waals surface area (Å²) < 4.78 is 2.17. The maximum absolute atomic E-state index is 12.1. The molecular formula is C32H26Br4O5S2. The molecule has 224 valence electrons. The summed E-state index contributed by atoms with van der Waals surface area (Å²) in [6.45, 7) is 1.58. The summed E-state index contributed by atoms with van der Waals surface area (Å²) in [5, 5.41) is 18.9. The summed E-state index contributed by atoms with van der Waals surface area (Å²) in [5.74, 6) is 0.322. The van der Waals surface area contributed by atoms with Gasteiger partial charge < -0.3 is 10.2 Å². The molecule has 0 unspecified atom stereocenters. The van der Waals surface area contributed by atoms with Gasteiger partial charge in [-0.25, -0.2) is 0 Å². The molecule has 0 heterocycles. The largest absolute Gasteiger partial charge is 0.506 e. The van der Waals surface area contributed by atoms with Crippen molar-refractivity contribution in [2.45, 2.75) is 16.7 Å². The minimum absolute atomic E-state index is 0.0528. The first kappa shape index (κ1) is 37.0. The lowest BCUT2D eigenvalue weighted by atomic mass is 10.1. The smallest absolute Gasteiger partial charge is 0.185 e. The Morgan fingerprint density at radius 1 is 0.651 bits per heavy atom. The fraction of sp³-hybridized carbons (Fsp3) is 0.0938. The molecule has 0 radical (unpaired) electrons. The highest BCUT2D eigenvalue weighted by Gasteiger charge is 2.06. The topological polar surface area (TPSA) is 91.7 Å². The fourth-order valence-corrected chi connectivity index (χ4v) is 6.44. The van der Waals surface area contributed by atoms with Gasteiger partial charge in [0.25, 0.3) is 0 Å². The average Bonchev–Trinajstić information content (AvgIpc) is 3.01. The lowest BCUT2D eigenvalue weighted by Crippen LogP contribution is -1.93. The Morgan fingerprint density at radius 2 is 1.02 bits per heavy atom. The summed E-state index contributed by atoms with van der Waals surface area (Å²) in [7, 11) is 0. The van der Waals surface area contributed by atoms with Gasteiger partial charge >= 0.3 is 0 Å². The van der Waals surface area contributed by atoms with Crippen LogP contribution >= 0.6 is 87.2 Å². The van der Waals surface area contributed by atoms with Crippen LogP contribution in [0.1, 0.15) is 43.6 Å². The van der Waals surface area contributed by atoms with Gasteiger partial charge in [0, 0.05) is 26.5 Å². The molecule has 4 aromatic carbocycles. The molecule has 0 saturated heterocycles. The molecule has 5 nitrogen and oxygen atoms in total. The van der Waals surface area contributed by atoms with Crippen LogP contribution in [-0.4, -0.2) is 40.6 Å². The van der Waals surface area contributed by atoms with Crippen LogP contribution in [0.2, 0.25) is 0 Å². The SMILES string of the molecule is CSc1ccc(C(=O)/C=C/c2cc(Br)c(O)c(Br)c2)cc1.CSc1ccc(C(C)=O)cc1.O=Cc1cc(Br)c(O)c(Br)c1. The number of phenolic OH excluding ortho intramolecular Hbond substituents is 2. The first-order chi connectivity index (χ1) is 20.4. The van der Waals surface area contributed by atoms with Crippen LogP contribution < -0.4 is 0 Å². The number of hydrogen-bond acceptors (Lipinski definition) is 7. The zero-order valence-corrected chi connectivity index (χ0v) is 31.1. The van der Waals surface area contributed by atoms with Crippen molar-refractivity contribution in [3.8, 4) is 11.5 Å². The summed E-state index contributed by atoms with van der Waals surface area (Å²) in [4.78, 5) is 35.5. The maximum Gasteiger partial charge on any atom is 0.185 e. The van der Waals surface area contributed by atoms with E-state index in [2.05, 4.69) is 63.7 Å². The normalized spacial score (nSPS) is 10.3. The first-order valence-corrected chi connectivity index (χ1v) is 17.8. The van der Waals surface area contributed by atoms with Gasteiger partial charge in [-0.1, -0.05) is 18.2 Å². The third-order valence-corrected chi connectivity index (χ3v) is 9.42. The number of carbonyl (C=O) groups excluding carboxylic acids is 3. The molecule has 0 fully saturated rings. The summed E-state index contributed by atoms with van der Waals surface area (Å²) in [6, 6.07) is 21.7. The van der Waals surface area contributed by atoms with E-state index < -0.39 is 0 Å². The molecule has 0 aromatic heterocycles. The van der Waals surface area contributed by atoms with Crippen LogP contribution in [0, 0.1) is 0 Å². The number of Topliss-reactive ketones (excluding diaryl/α,β-unsaturated/α-hetero) is 1. The summed E-state index contributed by atoms with van der Waals surface area (Å²) in [5.41, 5.74) is 2.77. The number of aldehydes is 1. The number of aromatic hydroxyl groups is 2. The van der Waals surface area contributed by atoms with Crippen LogP contribution in [0.5, 0.6) is 11.5 Å². The highest BCUT2D eigenvalue weighted by molar-refractivity contribution is 9.11. The van der Waals surface area contributed by atoms with E-state index in [0.29, 0.717) is 29.0 Å². The van der Waals surface area contributed by atoms with Gasteiger partial charge in [-0.2, -0.15) is 0 Å². The molecule has 0 amide bonds. The minimum Gasteiger partial charge on any atom is -0.506 e. The molecule has 43 heavy (non-hydrogen) atoms. The van der Waals surface area contributed by atoms with Gasteiger partial charge in [0.2, 0.25) is 0 Å². The van der Waals surface area contributed by atoms with Crippen molar-refractivity contribution >= 4 is 111 Å². The molecular weight excluding hydrogens is 848 g/mol. The summed E-state index contributed by atoms with van der Waals surface area (Å²) in [6.07, 6.45) is 7.98. The van der Waals surface area contributed by atoms with E-state index in [1.54, 1.807) is 60.8 Å². The van der Waals surface area contributed by atoms with Gasteiger partial charge in [-0.05, 0) is 155 Å². The van der Waals surface area contributed by atoms with Crippen molar-refractivity contribution in [1.82, 2.24) is 0 Å². The molecule has 4 aromatic rings. The molecule has 4 rings (SSSR count). The van der Waals surface area contributed by atoms with E-state index >= 15 is 0 Å². The third kappa shape index (κ3) is 12.0. The standard InChI is InChI=1S/C16H12Br2O2S.C9H10OS.C7H4Br2O2/c1-21-12-5-3-11(4-6-12)15(19)7-2-10-8-13(17)16(20)14(18)9-10;1-7(10)8-3-5-9(11-2)6-4-8;8-5-1-4(3-10)2-6(9)7(5)11/h2-9,20H,1H3;3-6H,1-2H3;1-3,11H/b7-2+;;. The number of ketones is 2. The van der Waals surface area contributed by atoms with Crippen molar-refractivity contribution in [3.63, 3.8) is 0 Å². The Balaban J connectivity index is 0.000000247. The van der Waals surface area contributed by atoms with Crippen LogP contribution in [-0.2, 0) is 0 Å². The number of allylic oxidation sites excluding steroid dienone is 1. The second-order valence-corrected chi connectivity index (χ2v) is 13.7.